The number of hydrogen-bond donors (Lipinski definition) is 2. The third-order valence-electron chi connectivity index (χ3n) is 2.18. The Morgan fingerprint density at radius 2 is 2.29 bits per heavy atom. The molecule has 0 radical (unpaired) electrons. The summed E-state index contributed by atoms with van der Waals surface area (Å²) in [5.74, 6) is 0.824. The van der Waals surface area contributed by atoms with Crippen molar-refractivity contribution in [3.05, 3.63) is 0 Å². The van der Waals surface area contributed by atoms with Gasteiger partial charge in [0.05, 0.1) is 5.84 Å². The largest absolute Gasteiger partial charge is 0.387 e. The molecule has 1 aliphatic carbocycles. The summed E-state index contributed by atoms with van der Waals surface area (Å²) in [5, 5.41) is 2.94. The van der Waals surface area contributed by atoms with Gasteiger partial charge in [-0.15, -0.1) is 0 Å². The van der Waals surface area contributed by atoms with Crippen molar-refractivity contribution in [1.29, 1.82) is 0 Å². The second-order valence-electron chi connectivity index (χ2n) is 3.67. The van der Waals surface area contributed by atoms with Crippen molar-refractivity contribution in [2.75, 3.05) is 6.54 Å². The van der Waals surface area contributed by atoms with Gasteiger partial charge in [0.15, 0.2) is 0 Å². The summed E-state index contributed by atoms with van der Waals surface area (Å²) < 4.78 is 0. The van der Waals surface area contributed by atoms with Crippen LogP contribution in [0.5, 0.6) is 0 Å². The molecule has 0 unspecified atom stereocenters. The Kier molecular flexibility index (Phi) is 4.43. The number of rotatable bonds is 6. The number of nitrogens with one attached hydrogen (secondary N) is 1. The second-order valence-corrected chi connectivity index (χ2v) is 3.67. The first-order valence-electron chi connectivity index (χ1n) is 5.30. The molecule has 1 saturated carbocycles. The van der Waals surface area contributed by atoms with Gasteiger partial charge in [0.2, 0.25) is 5.91 Å². The molecule has 1 fully saturated rings. The van der Waals surface area contributed by atoms with Crippen LogP contribution in [0.1, 0.15) is 39.0 Å². The molecule has 0 aromatic heterocycles. The van der Waals surface area contributed by atoms with Crippen LogP contribution in [0.3, 0.4) is 0 Å². The van der Waals surface area contributed by atoms with Gasteiger partial charge in [-0.3, -0.25) is 9.79 Å². The van der Waals surface area contributed by atoms with E-state index in [1.807, 2.05) is 6.92 Å². The minimum Gasteiger partial charge on any atom is -0.387 e. The standard InChI is InChI=1S/C10H19N3O/c1-2-9(11)12-7-3-4-10(14)13-8-5-6-8/h8H,2-7H2,1H3,(H2,11,12)(H,13,14). The highest BCUT2D eigenvalue weighted by Crippen LogP contribution is 2.18. The summed E-state index contributed by atoms with van der Waals surface area (Å²) in [7, 11) is 0. The summed E-state index contributed by atoms with van der Waals surface area (Å²) >= 11 is 0. The first-order chi connectivity index (χ1) is 6.72. The minimum absolute atomic E-state index is 0.151. The van der Waals surface area contributed by atoms with Crippen molar-refractivity contribution >= 4 is 11.7 Å². The maximum atomic E-state index is 11.2. The molecule has 1 amide bonds. The molecule has 1 rings (SSSR count). The van der Waals surface area contributed by atoms with Gasteiger partial charge in [-0.1, -0.05) is 6.92 Å². The van der Waals surface area contributed by atoms with Crippen molar-refractivity contribution in [2.45, 2.75) is 45.1 Å². The van der Waals surface area contributed by atoms with Gasteiger partial charge >= 0.3 is 0 Å². The molecule has 0 aliphatic heterocycles. The predicted octanol–water partition coefficient (Wildman–Crippen LogP) is 0.812. The molecule has 0 saturated heterocycles. The number of carbonyl (C=O) groups excluding carboxylic acids is 1. The fourth-order valence-corrected chi connectivity index (χ4v) is 1.10. The summed E-state index contributed by atoms with van der Waals surface area (Å²) in [6, 6.07) is 0.465. The summed E-state index contributed by atoms with van der Waals surface area (Å²) in [5.41, 5.74) is 5.53. The number of amidine groups is 1. The van der Waals surface area contributed by atoms with E-state index in [4.69, 9.17) is 5.73 Å². The van der Waals surface area contributed by atoms with E-state index >= 15 is 0 Å². The van der Waals surface area contributed by atoms with Crippen molar-refractivity contribution in [2.24, 2.45) is 10.7 Å². The Labute approximate surface area is 85.0 Å². The van der Waals surface area contributed by atoms with Gasteiger partial charge in [0.25, 0.3) is 0 Å². The van der Waals surface area contributed by atoms with Crippen LogP contribution in [-0.4, -0.2) is 24.3 Å². The third kappa shape index (κ3) is 4.84. The number of nitrogens with zero attached hydrogens (tertiary/aromatic N) is 1. The SMILES string of the molecule is CCC(N)=NCCCC(=O)NC1CC1. The zero-order valence-electron chi connectivity index (χ0n) is 8.75. The predicted molar refractivity (Wildman–Crippen MR) is 57.2 cm³/mol. The summed E-state index contributed by atoms with van der Waals surface area (Å²) in [4.78, 5) is 15.3. The van der Waals surface area contributed by atoms with Gasteiger partial charge in [0, 0.05) is 25.4 Å². The van der Waals surface area contributed by atoms with E-state index < -0.39 is 0 Å². The molecule has 0 spiro atoms. The molecule has 4 nitrogen and oxygen atoms in total. The molecule has 1 aliphatic rings. The summed E-state index contributed by atoms with van der Waals surface area (Å²) in [6.45, 7) is 2.64. The molecular weight excluding hydrogens is 178 g/mol. The lowest BCUT2D eigenvalue weighted by Crippen LogP contribution is -2.25. The molecule has 3 N–H and O–H groups in total. The van der Waals surface area contributed by atoms with E-state index in [1.165, 1.54) is 0 Å². The Balaban J connectivity index is 1.99. The average Bonchev–Trinajstić information content (AvgIpc) is 2.95. The molecule has 0 heterocycles. The highest BCUT2D eigenvalue weighted by atomic mass is 16.1. The van der Waals surface area contributed by atoms with Crippen LogP contribution < -0.4 is 11.1 Å². The van der Waals surface area contributed by atoms with E-state index in [2.05, 4.69) is 10.3 Å². The Morgan fingerprint density at radius 1 is 1.57 bits per heavy atom. The number of aliphatic imine (C=N–C) groups is 1. The Hall–Kier alpha value is -1.06. The zero-order valence-corrected chi connectivity index (χ0v) is 8.75. The van der Waals surface area contributed by atoms with Crippen LogP contribution in [0.4, 0.5) is 0 Å². The number of hydrogen-bond acceptors (Lipinski definition) is 2. The van der Waals surface area contributed by atoms with Crippen LogP contribution in [0.2, 0.25) is 0 Å². The summed E-state index contributed by atoms with van der Waals surface area (Å²) in [6.07, 6.45) is 4.43. The van der Waals surface area contributed by atoms with Crippen molar-refractivity contribution in [3.8, 4) is 0 Å². The maximum Gasteiger partial charge on any atom is 0.220 e. The van der Waals surface area contributed by atoms with E-state index in [1.54, 1.807) is 0 Å². The molecule has 80 valence electrons. The van der Waals surface area contributed by atoms with Crippen LogP contribution in [0.15, 0.2) is 4.99 Å². The molecule has 0 aromatic rings. The van der Waals surface area contributed by atoms with Gasteiger partial charge in [0.1, 0.15) is 0 Å². The lowest BCUT2D eigenvalue weighted by atomic mass is 10.3. The lowest BCUT2D eigenvalue weighted by molar-refractivity contribution is -0.121. The average molecular weight is 197 g/mol. The first-order valence-corrected chi connectivity index (χ1v) is 5.30. The van der Waals surface area contributed by atoms with E-state index in [-0.39, 0.29) is 5.91 Å². The quantitative estimate of drug-likeness (QED) is 0.376. The molecule has 0 atom stereocenters. The number of carbonyl (C=O) groups is 1. The van der Waals surface area contributed by atoms with Crippen LogP contribution >= 0.6 is 0 Å². The molecule has 14 heavy (non-hydrogen) atoms. The van der Waals surface area contributed by atoms with Gasteiger partial charge in [-0.25, -0.2) is 0 Å². The van der Waals surface area contributed by atoms with Crippen molar-refractivity contribution in [1.82, 2.24) is 5.32 Å². The van der Waals surface area contributed by atoms with Crippen molar-refractivity contribution in [3.63, 3.8) is 0 Å². The van der Waals surface area contributed by atoms with Gasteiger partial charge in [-0.05, 0) is 19.3 Å². The molecule has 0 bridgehead atoms. The van der Waals surface area contributed by atoms with Crippen molar-refractivity contribution < 1.29 is 4.79 Å². The Bertz CT molecular complexity index is 221. The minimum atomic E-state index is 0.151. The fraction of sp³-hybridized carbons (Fsp3) is 0.800. The smallest absolute Gasteiger partial charge is 0.220 e. The van der Waals surface area contributed by atoms with Crippen LogP contribution in [-0.2, 0) is 4.79 Å². The fourth-order valence-electron chi connectivity index (χ4n) is 1.10. The van der Waals surface area contributed by atoms with Crippen LogP contribution in [0, 0.1) is 0 Å². The molecular formula is C10H19N3O. The van der Waals surface area contributed by atoms with Crippen LogP contribution in [0.25, 0.3) is 0 Å². The monoisotopic (exact) mass is 197 g/mol. The van der Waals surface area contributed by atoms with Gasteiger partial charge in [-0.2, -0.15) is 0 Å². The highest BCUT2D eigenvalue weighted by Gasteiger charge is 2.22. The second kappa shape index (κ2) is 5.62. The van der Waals surface area contributed by atoms with E-state index in [0.29, 0.717) is 24.8 Å². The van der Waals surface area contributed by atoms with E-state index in [0.717, 1.165) is 25.7 Å². The van der Waals surface area contributed by atoms with E-state index in [9.17, 15) is 4.79 Å². The zero-order chi connectivity index (χ0) is 10.4. The first kappa shape index (κ1) is 11.0. The maximum absolute atomic E-state index is 11.2. The topological polar surface area (TPSA) is 67.5 Å². The highest BCUT2D eigenvalue weighted by molar-refractivity contribution is 5.80. The third-order valence-corrected chi connectivity index (χ3v) is 2.18. The normalized spacial score (nSPS) is 16.8. The van der Waals surface area contributed by atoms with Gasteiger partial charge < -0.3 is 11.1 Å². The lowest BCUT2D eigenvalue weighted by Gasteiger charge is -2.01. The Morgan fingerprint density at radius 3 is 2.86 bits per heavy atom. The number of amides is 1. The molecule has 4 heteroatoms. The molecule has 0 aromatic carbocycles. The number of nitrogens with two attached hydrogens (primary N) is 1.